The SMILES string of the molecule is CC1(C)OC(=O)c2c(I)cccc21. The molecule has 1 heterocycles. The van der Waals surface area contributed by atoms with E-state index in [1.54, 1.807) is 0 Å². The predicted octanol–water partition coefficient (Wildman–Crippen LogP) is 2.70. The fraction of sp³-hybridized carbons (Fsp3) is 0.300. The van der Waals surface area contributed by atoms with Crippen LogP contribution in [0.4, 0.5) is 0 Å². The van der Waals surface area contributed by atoms with Crippen LogP contribution in [0.2, 0.25) is 0 Å². The van der Waals surface area contributed by atoms with Gasteiger partial charge in [0.1, 0.15) is 5.60 Å². The highest BCUT2D eigenvalue weighted by Crippen LogP contribution is 2.37. The molecule has 0 fully saturated rings. The van der Waals surface area contributed by atoms with Gasteiger partial charge in [0.2, 0.25) is 0 Å². The second-order valence-corrected chi connectivity index (χ2v) is 4.72. The van der Waals surface area contributed by atoms with Crippen molar-refractivity contribution in [3.05, 3.63) is 32.9 Å². The first kappa shape index (κ1) is 8.99. The number of ether oxygens (including phenoxy) is 1. The number of fused-ring (bicyclic) bond motifs is 1. The number of esters is 1. The molecule has 0 saturated heterocycles. The summed E-state index contributed by atoms with van der Waals surface area (Å²) in [5, 5.41) is 0. The summed E-state index contributed by atoms with van der Waals surface area (Å²) in [4.78, 5) is 11.5. The quantitative estimate of drug-likeness (QED) is 0.542. The lowest BCUT2D eigenvalue weighted by atomic mass is 9.96. The van der Waals surface area contributed by atoms with Gasteiger partial charge in [-0.2, -0.15) is 0 Å². The lowest BCUT2D eigenvalue weighted by Crippen LogP contribution is -2.15. The Balaban J connectivity index is 2.72. The minimum Gasteiger partial charge on any atom is -0.451 e. The van der Waals surface area contributed by atoms with Gasteiger partial charge in [0.25, 0.3) is 0 Å². The minimum absolute atomic E-state index is 0.204. The maximum absolute atomic E-state index is 11.5. The first-order valence-corrected chi connectivity index (χ1v) is 5.12. The number of benzene rings is 1. The van der Waals surface area contributed by atoms with Gasteiger partial charge in [0.15, 0.2) is 0 Å². The maximum atomic E-state index is 11.5. The summed E-state index contributed by atoms with van der Waals surface area (Å²) in [7, 11) is 0. The van der Waals surface area contributed by atoms with Gasteiger partial charge in [-0.15, -0.1) is 0 Å². The average molecular weight is 288 g/mol. The van der Waals surface area contributed by atoms with Gasteiger partial charge in [-0.25, -0.2) is 4.79 Å². The van der Waals surface area contributed by atoms with Crippen LogP contribution >= 0.6 is 22.6 Å². The normalized spacial score (nSPS) is 18.2. The molecule has 13 heavy (non-hydrogen) atoms. The van der Waals surface area contributed by atoms with Crippen molar-refractivity contribution in [2.24, 2.45) is 0 Å². The second-order valence-electron chi connectivity index (χ2n) is 3.56. The van der Waals surface area contributed by atoms with E-state index in [9.17, 15) is 4.79 Å². The number of rotatable bonds is 0. The first-order valence-electron chi connectivity index (χ1n) is 4.05. The Kier molecular flexibility index (Phi) is 1.87. The summed E-state index contributed by atoms with van der Waals surface area (Å²) >= 11 is 2.16. The fourth-order valence-corrected chi connectivity index (χ4v) is 2.29. The molecule has 0 aromatic heterocycles. The van der Waals surface area contributed by atoms with Crippen molar-refractivity contribution in [2.75, 3.05) is 0 Å². The fourth-order valence-electron chi connectivity index (χ4n) is 1.57. The molecule has 0 amide bonds. The molecule has 2 nitrogen and oxygen atoms in total. The molecule has 0 saturated carbocycles. The van der Waals surface area contributed by atoms with Gasteiger partial charge >= 0.3 is 5.97 Å². The van der Waals surface area contributed by atoms with Crippen LogP contribution in [0.3, 0.4) is 0 Å². The standard InChI is InChI=1S/C10H9IO2/c1-10(2)6-4-3-5-7(11)8(6)9(12)13-10/h3-5H,1-2H3. The zero-order valence-corrected chi connectivity index (χ0v) is 9.58. The molecule has 0 unspecified atom stereocenters. The summed E-state index contributed by atoms with van der Waals surface area (Å²) in [5.74, 6) is -0.204. The molecule has 0 bridgehead atoms. The van der Waals surface area contributed by atoms with E-state index in [-0.39, 0.29) is 5.97 Å². The van der Waals surface area contributed by atoms with Crippen molar-refractivity contribution in [3.63, 3.8) is 0 Å². The van der Waals surface area contributed by atoms with E-state index in [0.29, 0.717) is 0 Å². The monoisotopic (exact) mass is 288 g/mol. The number of hydrogen-bond acceptors (Lipinski definition) is 2. The van der Waals surface area contributed by atoms with Crippen molar-refractivity contribution in [3.8, 4) is 0 Å². The van der Waals surface area contributed by atoms with Gasteiger partial charge < -0.3 is 4.74 Å². The molecule has 1 aliphatic heterocycles. The molecular weight excluding hydrogens is 279 g/mol. The lowest BCUT2D eigenvalue weighted by molar-refractivity contribution is 0.00951. The van der Waals surface area contributed by atoms with Crippen LogP contribution in [-0.4, -0.2) is 5.97 Å². The van der Waals surface area contributed by atoms with Crippen molar-refractivity contribution in [1.29, 1.82) is 0 Å². The summed E-state index contributed by atoms with van der Waals surface area (Å²) in [5.41, 5.74) is 1.26. The third kappa shape index (κ3) is 1.25. The Bertz CT molecular complexity index is 383. The van der Waals surface area contributed by atoms with E-state index in [1.165, 1.54) is 0 Å². The largest absolute Gasteiger partial charge is 0.451 e. The van der Waals surface area contributed by atoms with Gasteiger partial charge in [-0.05, 0) is 42.5 Å². The highest BCUT2D eigenvalue weighted by Gasteiger charge is 2.38. The van der Waals surface area contributed by atoms with Crippen LogP contribution in [0, 0.1) is 3.57 Å². The second kappa shape index (κ2) is 2.70. The first-order chi connectivity index (χ1) is 6.02. The highest BCUT2D eigenvalue weighted by molar-refractivity contribution is 14.1. The smallest absolute Gasteiger partial charge is 0.340 e. The summed E-state index contributed by atoms with van der Waals surface area (Å²) in [6.45, 7) is 3.82. The highest BCUT2D eigenvalue weighted by atomic mass is 127. The minimum atomic E-state index is -0.465. The molecule has 2 rings (SSSR count). The zero-order chi connectivity index (χ0) is 9.64. The van der Waals surface area contributed by atoms with Gasteiger partial charge in [-0.1, -0.05) is 12.1 Å². The van der Waals surface area contributed by atoms with Crippen LogP contribution in [0.25, 0.3) is 0 Å². The molecule has 0 N–H and O–H groups in total. The summed E-state index contributed by atoms with van der Waals surface area (Å²) < 4.78 is 6.22. The molecule has 0 radical (unpaired) electrons. The van der Waals surface area contributed by atoms with E-state index >= 15 is 0 Å². The molecule has 0 atom stereocenters. The lowest BCUT2D eigenvalue weighted by Gasteiger charge is -2.17. The molecule has 1 aromatic carbocycles. The molecular formula is C10H9IO2. The summed E-state index contributed by atoms with van der Waals surface area (Å²) in [6.07, 6.45) is 0. The molecule has 3 heteroatoms. The number of hydrogen-bond donors (Lipinski definition) is 0. The Morgan fingerprint density at radius 3 is 2.69 bits per heavy atom. The van der Waals surface area contributed by atoms with Gasteiger partial charge in [0.05, 0.1) is 5.56 Å². The molecule has 0 aliphatic carbocycles. The Morgan fingerprint density at radius 1 is 1.38 bits per heavy atom. The number of halogens is 1. The Hall–Kier alpha value is -0.580. The Morgan fingerprint density at radius 2 is 2.08 bits per heavy atom. The number of carbonyl (C=O) groups is 1. The van der Waals surface area contributed by atoms with Crippen LogP contribution in [-0.2, 0) is 10.3 Å². The van der Waals surface area contributed by atoms with Crippen molar-refractivity contribution < 1.29 is 9.53 Å². The topological polar surface area (TPSA) is 26.3 Å². The molecule has 1 aliphatic rings. The molecule has 0 spiro atoms. The van der Waals surface area contributed by atoms with Crippen molar-refractivity contribution in [2.45, 2.75) is 19.4 Å². The van der Waals surface area contributed by atoms with Gasteiger partial charge in [0, 0.05) is 9.13 Å². The van der Waals surface area contributed by atoms with E-state index in [0.717, 1.165) is 14.7 Å². The average Bonchev–Trinajstić information content (AvgIpc) is 2.24. The maximum Gasteiger partial charge on any atom is 0.340 e. The predicted molar refractivity (Wildman–Crippen MR) is 57.6 cm³/mol. The molecule has 68 valence electrons. The van der Waals surface area contributed by atoms with E-state index in [1.807, 2.05) is 32.0 Å². The van der Waals surface area contributed by atoms with Crippen molar-refractivity contribution >= 4 is 28.6 Å². The van der Waals surface area contributed by atoms with Crippen LogP contribution in [0.1, 0.15) is 29.8 Å². The van der Waals surface area contributed by atoms with Gasteiger partial charge in [-0.3, -0.25) is 0 Å². The zero-order valence-electron chi connectivity index (χ0n) is 7.43. The third-order valence-electron chi connectivity index (χ3n) is 2.21. The van der Waals surface area contributed by atoms with E-state index in [4.69, 9.17) is 4.74 Å². The third-order valence-corrected chi connectivity index (χ3v) is 3.11. The summed E-state index contributed by atoms with van der Waals surface area (Å²) in [6, 6.07) is 5.81. The van der Waals surface area contributed by atoms with Crippen LogP contribution in [0.15, 0.2) is 18.2 Å². The number of cyclic esters (lactones) is 1. The van der Waals surface area contributed by atoms with E-state index < -0.39 is 5.60 Å². The Labute approximate surface area is 90.4 Å². The van der Waals surface area contributed by atoms with Crippen molar-refractivity contribution in [1.82, 2.24) is 0 Å². The van der Waals surface area contributed by atoms with Crippen LogP contribution < -0.4 is 0 Å². The number of carbonyl (C=O) groups excluding carboxylic acids is 1. The van der Waals surface area contributed by atoms with Crippen LogP contribution in [0.5, 0.6) is 0 Å². The molecule has 1 aromatic rings. The van der Waals surface area contributed by atoms with E-state index in [2.05, 4.69) is 22.6 Å².